The summed E-state index contributed by atoms with van der Waals surface area (Å²) in [6.07, 6.45) is 0.623. The molecule has 18 heavy (non-hydrogen) atoms. The van der Waals surface area contributed by atoms with E-state index < -0.39 is 11.7 Å². The van der Waals surface area contributed by atoms with Crippen LogP contribution in [0.1, 0.15) is 20.8 Å². The lowest BCUT2D eigenvalue weighted by molar-refractivity contribution is 0.0635. The van der Waals surface area contributed by atoms with Crippen LogP contribution in [0.5, 0.6) is 5.75 Å². The number of amides is 1. The number of nitrogens with zero attached hydrogens (tertiary/aromatic N) is 1. The molecule has 0 spiro atoms. The molecule has 0 radical (unpaired) electrons. The van der Waals surface area contributed by atoms with Crippen LogP contribution in [0.2, 0.25) is 0 Å². The maximum Gasteiger partial charge on any atom is 0.412 e. The van der Waals surface area contributed by atoms with Crippen LogP contribution in [-0.4, -0.2) is 21.8 Å². The lowest BCUT2D eigenvalue weighted by Gasteiger charge is -2.19. The van der Waals surface area contributed by atoms with Gasteiger partial charge in [-0.25, -0.2) is 9.78 Å². The highest BCUT2D eigenvalue weighted by atomic mass is 16.6. The number of aromatic hydroxyl groups is 1. The molecule has 0 saturated carbocycles. The van der Waals surface area contributed by atoms with Gasteiger partial charge in [-0.05, 0) is 20.8 Å². The number of carbonyl (C=O) groups excluding carboxylic acids is 1. The first-order chi connectivity index (χ1) is 8.35. The van der Waals surface area contributed by atoms with E-state index in [-0.39, 0.29) is 11.4 Å². The number of phenolic OH excluding ortho intramolecular Hbond substituents is 1. The molecule has 1 aromatic heterocycles. The Hall–Kier alpha value is -2.24. The van der Waals surface area contributed by atoms with Crippen LogP contribution >= 0.6 is 0 Å². The SMILES string of the molecule is CC(C)(C)OC(=O)Nc1cc2ocnc2cc1O. The molecule has 6 heteroatoms. The molecule has 2 aromatic rings. The number of hydrogen-bond donors (Lipinski definition) is 2. The lowest BCUT2D eigenvalue weighted by Crippen LogP contribution is -2.27. The van der Waals surface area contributed by atoms with E-state index in [2.05, 4.69) is 10.3 Å². The zero-order valence-corrected chi connectivity index (χ0v) is 10.4. The Labute approximate surface area is 104 Å². The van der Waals surface area contributed by atoms with Crippen molar-refractivity contribution in [1.29, 1.82) is 0 Å². The summed E-state index contributed by atoms with van der Waals surface area (Å²) in [5.74, 6) is -0.0951. The number of hydrogen-bond acceptors (Lipinski definition) is 5. The van der Waals surface area contributed by atoms with E-state index in [4.69, 9.17) is 9.15 Å². The number of rotatable bonds is 1. The molecule has 0 atom stereocenters. The summed E-state index contributed by atoms with van der Waals surface area (Å²) in [7, 11) is 0. The highest BCUT2D eigenvalue weighted by molar-refractivity contribution is 5.91. The summed E-state index contributed by atoms with van der Waals surface area (Å²) >= 11 is 0. The fourth-order valence-corrected chi connectivity index (χ4v) is 1.41. The van der Waals surface area contributed by atoms with E-state index in [1.54, 1.807) is 20.8 Å². The Morgan fingerprint density at radius 1 is 1.44 bits per heavy atom. The maximum atomic E-state index is 11.6. The Morgan fingerprint density at radius 3 is 2.83 bits per heavy atom. The highest BCUT2D eigenvalue weighted by Crippen LogP contribution is 2.29. The van der Waals surface area contributed by atoms with Gasteiger partial charge in [-0.3, -0.25) is 5.32 Å². The van der Waals surface area contributed by atoms with Crippen LogP contribution in [0.15, 0.2) is 22.9 Å². The minimum atomic E-state index is -0.642. The van der Waals surface area contributed by atoms with Gasteiger partial charge in [0.1, 0.15) is 16.9 Å². The third-order valence-electron chi connectivity index (χ3n) is 2.08. The number of fused-ring (bicyclic) bond motifs is 1. The van der Waals surface area contributed by atoms with Gasteiger partial charge in [0.25, 0.3) is 0 Å². The minimum absolute atomic E-state index is 0.0951. The van der Waals surface area contributed by atoms with Crippen LogP contribution in [0.3, 0.4) is 0 Å². The fraction of sp³-hybridized carbons (Fsp3) is 0.333. The zero-order valence-electron chi connectivity index (χ0n) is 10.4. The number of aromatic nitrogens is 1. The molecular formula is C12H14N2O4. The number of benzene rings is 1. The standard InChI is InChI=1S/C12H14N2O4/c1-12(2,3)18-11(16)14-7-5-10-8(4-9(7)15)13-6-17-10/h4-6,15H,1-3H3,(H,14,16). The maximum absolute atomic E-state index is 11.6. The van der Waals surface area contributed by atoms with Gasteiger partial charge in [-0.1, -0.05) is 0 Å². The van der Waals surface area contributed by atoms with Crippen molar-refractivity contribution in [3.63, 3.8) is 0 Å². The number of oxazole rings is 1. The number of nitrogens with one attached hydrogen (secondary N) is 1. The summed E-state index contributed by atoms with van der Waals surface area (Å²) in [4.78, 5) is 15.5. The molecule has 0 fully saturated rings. The van der Waals surface area contributed by atoms with Gasteiger partial charge in [-0.15, -0.1) is 0 Å². The minimum Gasteiger partial charge on any atom is -0.506 e. The second-order valence-corrected chi connectivity index (χ2v) is 4.82. The van der Waals surface area contributed by atoms with E-state index in [1.807, 2.05) is 0 Å². The van der Waals surface area contributed by atoms with Crippen molar-refractivity contribution in [2.75, 3.05) is 5.32 Å². The second kappa shape index (κ2) is 4.21. The fourth-order valence-electron chi connectivity index (χ4n) is 1.41. The van der Waals surface area contributed by atoms with Crippen LogP contribution in [0.25, 0.3) is 11.1 Å². The van der Waals surface area contributed by atoms with Gasteiger partial charge in [0, 0.05) is 12.1 Å². The number of phenols is 1. The predicted molar refractivity (Wildman–Crippen MR) is 65.5 cm³/mol. The summed E-state index contributed by atoms with van der Waals surface area (Å²) in [5, 5.41) is 12.2. The Balaban J connectivity index is 2.20. The van der Waals surface area contributed by atoms with Crippen LogP contribution < -0.4 is 5.32 Å². The summed E-state index contributed by atoms with van der Waals surface area (Å²) in [5.41, 5.74) is 0.602. The molecule has 0 saturated heterocycles. The van der Waals surface area contributed by atoms with Gasteiger partial charge >= 0.3 is 6.09 Å². The van der Waals surface area contributed by atoms with E-state index in [0.717, 1.165) is 0 Å². The zero-order chi connectivity index (χ0) is 13.3. The van der Waals surface area contributed by atoms with Crippen molar-refractivity contribution in [2.24, 2.45) is 0 Å². The Morgan fingerprint density at radius 2 is 2.17 bits per heavy atom. The van der Waals surface area contributed by atoms with Crippen molar-refractivity contribution in [3.8, 4) is 5.75 Å². The van der Waals surface area contributed by atoms with Crippen LogP contribution in [0, 0.1) is 0 Å². The monoisotopic (exact) mass is 250 g/mol. The van der Waals surface area contributed by atoms with Gasteiger partial charge in [-0.2, -0.15) is 0 Å². The van der Waals surface area contributed by atoms with Crippen molar-refractivity contribution in [3.05, 3.63) is 18.5 Å². The van der Waals surface area contributed by atoms with Crippen molar-refractivity contribution >= 4 is 22.9 Å². The number of carbonyl (C=O) groups is 1. The normalized spacial score (nSPS) is 11.5. The first-order valence-electron chi connectivity index (χ1n) is 5.41. The molecule has 1 heterocycles. The van der Waals surface area contributed by atoms with Gasteiger partial charge in [0.2, 0.25) is 0 Å². The van der Waals surface area contributed by atoms with Gasteiger partial charge < -0.3 is 14.3 Å². The third kappa shape index (κ3) is 2.71. The molecule has 0 unspecified atom stereocenters. The average Bonchev–Trinajstić information content (AvgIpc) is 2.62. The molecule has 0 aliphatic rings. The molecule has 2 rings (SSSR count). The van der Waals surface area contributed by atoms with Gasteiger partial charge in [0.15, 0.2) is 12.0 Å². The summed E-state index contributed by atoms with van der Waals surface area (Å²) in [6.45, 7) is 5.27. The van der Waals surface area contributed by atoms with E-state index in [0.29, 0.717) is 11.1 Å². The van der Waals surface area contributed by atoms with Crippen molar-refractivity contribution < 1.29 is 19.1 Å². The highest BCUT2D eigenvalue weighted by Gasteiger charge is 2.17. The molecule has 0 aliphatic heterocycles. The molecule has 0 aliphatic carbocycles. The second-order valence-electron chi connectivity index (χ2n) is 4.82. The Bertz CT molecular complexity index is 583. The van der Waals surface area contributed by atoms with Crippen molar-refractivity contribution in [1.82, 2.24) is 4.98 Å². The average molecular weight is 250 g/mol. The lowest BCUT2D eigenvalue weighted by atomic mass is 10.2. The topological polar surface area (TPSA) is 84.6 Å². The molecule has 2 N–H and O–H groups in total. The van der Waals surface area contributed by atoms with Gasteiger partial charge in [0.05, 0.1) is 5.69 Å². The predicted octanol–water partition coefficient (Wildman–Crippen LogP) is 2.88. The molecular weight excluding hydrogens is 236 g/mol. The molecule has 1 amide bonds. The van der Waals surface area contributed by atoms with E-state index in [1.165, 1.54) is 18.5 Å². The van der Waals surface area contributed by atoms with E-state index >= 15 is 0 Å². The van der Waals surface area contributed by atoms with Crippen LogP contribution in [-0.2, 0) is 4.74 Å². The number of ether oxygens (including phenoxy) is 1. The van der Waals surface area contributed by atoms with Crippen LogP contribution in [0.4, 0.5) is 10.5 Å². The first-order valence-corrected chi connectivity index (χ1v) is 5.41. The summed E-state index contributed by atoms with van der Waals surface area (Å²) in [6, 6.07) is 2.90. The first kappa shape index (κ1) is 12.2. The quantitative estimate of drug-likeness (QED) is 0.760. The van der Waals surface area contributed by atoms with Crippen molar-refractivity contribution in [2.45, 2.75) is 26.4 Å². The Kier molecular flexibility index (Phi) is 2.86. The third-order valence-corrected chi connectivity index (χ3v) is 2.08. The molecule has 96 valence electrons. The molecule has 1 aromatic carbocycles. The largest absolute Gasteiger partial charge is 0.506 e. The van der Waals surface area contributed by atoms with E-state index in [9.17, 15) is 9.90 Å². The number of anilines is 1. The smallest absolute Gasteiger partial charge is 0.412 e. The summed E-state index contributed by atoms with van der Waals surface area (Å²) < 4.78 is 10.2. The molecule has 0 bridgehead atoms. The molecule has 6 nitrogen and oxygen atoms in total.